The molecule has 2 aromatic rings. The van der Waals surface area contributed by atoms with E-state index in [2.05, 4.69) is 29.9 Å². The predicted molar refractivity (Wildman–Crippen MR) is 76.5 cm³/mol. The second kappa shape index (κ2) is 4.53. The summed E-state index contributed by atoms with van der Waals surface area (Å²) in [6, 6.07) is 6.08. The third-order valence-corrected chi connectivity index (χ3v) is 4.20. The van der Waals surface area contributed by atoms with Gasteiger partial charge in [0.05, 0.1) is 23.7 Å². The summed E-state index contributed by atoms with van der Waals surface area (Å²) in [6.45, 7) is 3.33. The van der Waals surface area contributed by atoms with Crippen LogP contribution in [0.5, 0.6) is 5.75 Å². The van der Waals surface area contributed by atoms with Crippen molar-refractivity contribution in [3.05, 3.63) is 24.0 Å². The SMILES string of the molecule is COc1ccc2c(c1)nc(C1(C)CCCCN1)n2C. The fraction of sp³-hybridized carbons (Fsp3) is 0.533. The van der Waals surface area contributed by atoms with Crippen LogP contribution in [0.4, 0.5) is 0 Å². The van der Waals surface area contributed by atoms with Gasteiger partial charge in [-0.25, -0.2) is 4.98 Å². The number of methoxy groups -OCH3 is 1. The summed E-state index contributed by atoms with van der Waals surface area (Å²) in [5, 5.41) is 3.63. The molecule has 0 amide bonds. The number of ether oxygens (including phenoxy) is 1. The Balaban J connectivity index is 2.11. The standard InChI is InChI=1S/C15H21N3O/c1-15(8-4-5-9-16-15)14-17-12-10-11(19-3)6-7-13(12)18(14)2/h6-7,10,16H,4-5,8-9H2,1-3H3. The first kappa shape index (κ1) is 12.5. The van der Waals surface area contributed by atoms with E-state index >= 15 is 0 Å². The van der Waals surface area contributed by atoms with Gasteiger partial charge in [0.15, 0.2) is 0 Å². The van der Waals surface area contributed by atoms with Crippen molar-refractivity contribution in [2.45, 2.75) is 31.7 Å². The summed E-state index contributed by atoms with van der Waals surface area (Å²) < 4.78 is 7.48. The van der Waals surface area contributed by atoms with E-state index < -0.39 is 0 Å². The maximum absolute atomic E-state index is 5.28. The lowest BCUT2D eigenvalue weighted by molar-refractivity contribution is 0.264. The molecule has 1 aliphatic heterocycles. The third kappa shape index (κ3) is 2.00. The van der Waals surface area contributed by atoms with Crippen molar-refractivity contribution in [3.63, 3.8) is 0 Å². The number of imidazole rings is 1. The van der Waals surface area contributed by atoms with Crippen molar-refractivity contribution in [1.29, 1.82) is 0 Å². The molecule has 0 saturated carbocycles. The molecule has 1 N–H and O–H groups in total. The molecular weight excluding hydrogens is 238 g/mol. The number of rotatable bonds is 2. The van der Waals surface area contributed by atoms with Crippen LogP contribution >= 0.6 is 0 Å². The molecule has 0 radical (unpaired) electrons. The van der Waals surface area contributed by atoms with Crippen LogP contribution in [0, 0.1) is 0 Å². The van der Waals surface area contributed by atoms with Crippen LogP contribution in [-0.4, -0.2) is 23.2 Å². The molecule has 1 fully saturated rings. The lowest BCUT2D eigenvalue weighted by Gasteiger charge is -2.34. The molecule has 1 aromatic carbocycles. The van der Waals surface area contributed by atoms with Gasteiger partial charge in [-0.3, -0.25) is 0 Å². The van der Waals surface area contributed by atoms with Crippen molar-refractivity contribution in [3.8, 4) is 5.75 Å². The number of fused-ring (bicyclic) bond motifs is 1. The van der Waals surface area contributed by atoms with Crippen molar-refractivity contribution >= 4 is 11.0 Å². The molecule has 102 valence electrons. The molecular formula is C15H21N3O. The molecule has 0 aliphatic carbocycles. The molecule has 3 rings (SSSR count). The van der Waals surface area contributed by atoms with Gasteiger partial charge in [-0.1, -0.05) is 0 Å². The number of nitrogens with zero attached hydrogens (tertiary/aromatic N) is 2. The van der Waals surface area contributed by atoms with Gasteiger partial charge in [0, 0.05) is 13.1 Å². The van der Waals surface area contributed by atoms with E-state index in [4.69, 9.17) is 9.72 Å². The van der Waals surface area contributed by atoms with Crippen LogP contribution in [0.3, 0.4) is 0 Å². The summed E-state index contributed by atoms with van der Waals surface area (Å²) >= 11 is 0. The number of aromatic nitrogens is 2. The molecule has 1 aliphatic rings. The minimum atomic E-state index is -0.0146. The van der Waals surface area contributed by atoms with Gasteiger partial charge in [0.2, 0.25) is 0 Å². The van der Waals surface area contributed by atoms with Crippen LogP contribution in [-0.2, 0) is 12.6 Å². The van der Waals surface area contributed by atoms with Gasteiger partial charge in [0.1, 0.15) is 11.6 Å². The molecule has 1 aromatic heterocycles. The zero-order valence-corrected chi connectivity index (χ0v) is 11.9. The monoisotopic (exact) mass is 259 g/mol. The number of piperidine rings is 1. The Hall–Kier alpha value is -1.55. The van der Waals surface area contributed by atoms with E-state index in [1.165, 1.54) is 12.8 Å². The Labute approximate surface area is 113 Å². The first-order chi connectivity index (χ1) is 9.14. The van der Waals surface area contributed by atoms with E-state index in [-0.39, 0.29) is 5.54 Å². The summed E-state index contributed by atoms with van der Waals surface area (Å²) in [7, 11) is 3.79. The van der Waals surface area contributed by atoms with Crippen molar-refractivity contribution < 1.29 is 4.74 Å². The topological polar surface area (TPSA) is 39.1 Å². The van der Waals surface area contributed by atoms with E-state index in [0.29, 0.717) is 0 Å². The minimum Gasteiger partial charge on any atom is -0.497 e. The summed E-state index contributed by atoms with van der Waals surface area (Å²) in [5.41, 5.74) is 2.15. The highest BCUT2D eigenvalue weighted by molar-refractivity contribution is 5.78. The summed E-state index contributed by atoms with van der Waals surface area (Å²) in [6.07, 6.45) is 3.66. The molecule has 4 nitrogen and oxygen atoms in total. The zero-order chi connectivity index (χ0) is 13.5. The molecule has 1 saturated heterocycles. The average Bonchev–Trinajstić information content (AvgIpc) is 2.77. The predicted octanol–water partition coefficient (Wildman–Crippen LogP) is 2.57. The number of nitrogens with one attached hydrogen (secondary N) is 1. The van der Waals surface area contributed by atoms with Crippen molar-refractivity contribution in [1.82, 2.24) is 14.9 Å². The van der Waals surface area contributed by atoms with Gasteiger partial charge in [-0.15, -0.1) is 0 Å². The van der Waals surface area contributed by atoms with Crippen LogP contribution in [0.25, 0.3) is 11.0 Å². The molecule has 0 bridgehead atoms. The van der Waals surface area contributed by atoms with E-state index in [1.807, 2.05) is 12.1 Å². The summed E-state index contributed by atoms with van der Waals surface area (Å²) in [5.74, 6) is 1.98. The number of hydrogen-bond donors (Lipinski definition) is 1. The van der Waals surface area contributed by atoms with Gasteiger partial charge < -0.3 is 14.6 Å². The van der Waals surface area contributed by atoms with Gasteiger partial charge in [-0.2, -0.15) is 0 Å². The molecule has 19 heavy (non-hydrogen) atoms. The number of aryl methyl sites for hydroxylation is 1. The Bertz CT molecular complexity index is 597. The lowest BCUT2D eigenvalue weighted by Crippen LogP contribution is -2.45. The van der Waals surface area contributed by atoms with Crippen LogP contribution in [0.1, 0.15) is 32.0 Å². The maximum Gasteiger partial charge on any atom is 0.129 e. The third-order valence-electron chi connectivity index (χ3n) is 4.20. The average molecular weight is 259 g/mol. The highest BCUT2D eigenvalue weighted by atomic mass is 16.5. The minimum absolute atomic E-state index is 0.0146. The van der Waals surface area contributed by atoms with Crippen LogP contribution in [0.15, 0.2) is 18.2 Å². The van der Waals surface area contributed by atoms with Crippen LogP contribution < -0.4 is 10.1 Å². The van der Waals surface area contributed by atoms with E-state index in [9.17, 15) is 0 Å². The van der Waals surface area contributed by atoms with Gasteiger partial charge in [-0.05, 0) is 44.9 Å². The molecule has 1 atom stereocenters. The smallest absolute Gasteiger partial charge is 0.129 e. The van der Waals surface area contributed by atoms with E-state index in [0.717, 1.165) is 35.6 Å². The van der Waals surface area contributed by atoms with Gasteiger partial charge >= 0.3 is 0 Å². The first-order valence-corrected chi connectivity index (χ1v) is 6.90. The molecule has 4 heteroatoms. The van der Waals surface area contributed by atoms with Crippen molar-refractivity contribution in [2.24, 2.45) is 7.05 Å². The molecule has 2 heterocycles. The Kier molecular flexibility index (Phi) is 2.97. The largest absolute Gasteiger partial charge is 0.497 e. The fourth-order valence-corrected chi connectivity index (χ4v) is 3.05. The quantitative estimate of drug-likeness (QED) is 0.901. The molecule has 0 spiro atoms. The zero-order valence-electron chi connectivity index (χ0n) is 11.9. The highest BCUT2D eigenvalue weighted by Gasteiger charge is 2.32. The second-order valence-corrected chi connectivity index (χ2v) is 5.57. The lowest BCUT2D eigenvalue weighted by atomic mass is 9.90. The molecule has 1 unspecified atom stereocenters. The maximum atomic E-state index is 5.28. The Morgan fingerprint density at radius 1 is 1.37 bits per heavy atom. The first-order valence-electron chi connectivity index (χ1n) is 6.90. The number of hydrogen-bond acceptors (Lipinski definition) is 3. The fourth-order valence-electron chi connectivity index (χ4n) is 3.05. The highest BCUT2D eigenvalue weighted by Crippen LogP contribution is 2.31. The van der Waals surface area contributed by atoms with Crippen LogP contribution in [0.2, 0.25) is 0 Å². The Morgan fingerprint density at radius 2 is 2.21 bits per heavy atom. The number of benzene rings is 1. The van der Waals surface area contributed by atoms with Gasteiger partial charge in [0.25, 0.3) is 0 Å². The Morgan fingerprint density at radius 3 is 2.89 bits per heavy atom. The van der Waals surface area contributed by atoms with E-state index in [1.54, 1.807) is 7.11 Å². The van der Waals surface area contributed by atoms with Crippen molar-refractivity contribution in [2.75, 3.05) is 13.7 Å². The normalized spacial score (nSPS) is 23.7. The summed E-state index contributed by atoms with van der Waals surface area (Å²) in [4.78, 5) is 4.84. The second-order valence-electron chi connectivity index (χ2n) is 5.57.